The van der Waals surface area contributed by atoms with Crippen molar-refractivity contribution in [2.24, 2.45) is 5.92 Å². The van der Waals surface area contributed by atoms with Gasteiger partial charge in [-0.1, -0.05) is 23.2 Å². The van der Waals surface area contributed by atoms with Crippen LogP contribution in [0.2, 0.25) is 10.0 Å². The molecular formula is C17H21Cl2N3O2. The van der Waals surface area contributed by atoms with Gasteiger partial charge in [0.25, 0.3) is 0 Å². The Labute approximate surface area is 151 Å². The molecule has 5 nitrogen and oxygen atoms in total. The van der Waals surface area contributed by atoms with E-state index in [1.165, 1.54) is 0 Å². The van der Waals surface area contributed by atoms with E-state index in [0.717, 1.165) is 37.8 Å². The van der Waals surface area contributed by atoms with Crippen LogP contribution in [-0.2, 0) is 4.79 Å². The third-order valence-corrected chi connectivity index (χ3v) is 5.46. The Bertz CT molecular complexity index is 661. The van der Waals surface area contributed by atoms with Crippen LogP contribution in [0.5, 0.6) is 0 Å². The molecule has 1 aliphatic carbocycles. The number of benzene rings is 1. The molecule has 24 heavy (non-hydrogen) atoms. The molecule has 3 amide bonds. The molecule has 0 spiro atoms. The molecule has 0 bridgehead atoms. The molecule has 3 rings (SSSR count). The van der Waals surface area contributed by atoms with Crippen LogP contribution in [-0.4, -0.2) is 36.0 Å². The molecule has 130 valence electrons. The molecule has 1 saturated carbocycles. The maximum absolute atomic E-state index is 12.2. The highest BCUT2D eigenvalue weighted by atomic mass is 35.5. The van der Waals surface area contributed by atoms with E-state index in [0.29, 0.717) is 22.3 Å². The summed E-state index contributed by atoms with van der Waals surface area (Å²) in [6.45, 7) is 3.17. The quantitative estimate of drug-likeness (QED) is 0.850. The van der Waals surface area contributed by atoms with E-state index in [2.05, 4.69) is 10.6 Å². The van der Waals surface area contributed by atoms with Gasteiger partial charge in [0.2, 0.25) is 5.91 Å². The topological polar surface area (TPSA) is 61.4 Å². The lowest BCUT2D eigenvalue weighted by atomic mass is 10.1. The lowest BCUT2D eigenvalue weighted by molar-refractivity contribution is -0.133. The highest BCUT2D eigenvalue weighted by molar-refractivity contribution is 6.38. The summed E-state index contributed by atoms with van der Waals surface area (Å²) in [6, 6.07) is 3.04. The van der Waals surface area contributed by atoms with E-state index in [1.807, 2.05) is 4.90 Å². The predicted molar refractivity (Wildman–Crippen MR) is 95.7 cm³/mol. The van der Waals surface area contributed by atoms with Gasteiger partial charge < -0.3 is 15.5 Å². The monoisotopic (exact) mass is 369 g/mol. The van der Waals surface area contributed by atoms with E-state index in [9.17, 15) is 9.59 Å². The Balaban J connectivity index is 1.56. The van der Waals surface area contributed by atoms with Crippen LogP contribution >= 0.6 is 23.2 Å². The van der Waals surface area contributed by atoms with Crippen molar-refractivity contribution < 1.29 is 9.59 Å². The molecular weight excluding hydrogens is 349 g/mol. The number of hydrogen-bond acceptors (Lipinski definition) is 2. The van der Waals surface area contributed by atoms with Gasteiger partial charge in [-0.15, -0.1) is 0 Å². The Hall–Kier alpha value is -1.46. The lowest BCUT2D eigenvalue weighted by Gasteiger charge is -2.33. The highest BCUT2D eigenvalue weighted by Crippen LogP contribution is 2.32. The lowest BCUT2D eigenvalue weighted by Crippen LogP contribution is -2.50. The fraction of sp³-hybridized carbons (Fsp3) is 0.529. The molecule has 1 saturated heterocycles. The first kappa shape index (κ1) is 17.4. The average molecular weight is 370 g/mol. The number of anilines is 1. The van der Waals surface area contributed by atoms with Crippen LogP contribution in [0.3, 0.4) is 0 Å². The maximum atomic E-state index is 12.2. The van der Waals surface area contributed by atoms with Gasteiger partial charge in [0.15, 0.2) is 0 Å². The third kappa shape index (κ3) is 3.95. The summed E-state index contributed by atoms with van der Waals surface area (Å²) in [5.41, 5.74) is 1.26. The molecule has 1 atom stereocenters. The Kier molecular flexibility index (Phi) is 5.21. The van der Waals surface area contributed by atoms with E-state index in [-0.39, 0.29) is 23.9 Å². The zero-order valence-corrected chi connectivity index (χ0v) is 15.1. The second-order valence-corrected chi connectivity index (χ2v) is 7.32. The molecule has 1 heterocycles. The van der Waals surface area contributed by atoms with Crippen molar-refractivity contribution in [3.05, 3.63) is 27.7 Å². The van der Waals surface area contributed by atoms with Gasteiger partial charge in [0.05, 0.1) is 10.7 Å². The summed E-state index contributed by atoms with van der Waals surface area (Å²) in [4.78, 5) is 26.3. The summed E-state index contributed by atoms with van der Waals surface area (Å²) in [6.07, 6.45) is 3.78. The second kappa shape index (κ2) is 7.19. The van der Waals surface area contributed by atoms with Crippen LogP contribution in [0.1, 0.15) is 31.2 Å². The minimum atomic E-state index is -0.315. The number of nitrogens with zero attached hydrogens (tertiary/aromatic N) is 1. The first-order chi connectivity index (χ1) is 11.5. The van der Waals surface area contributed by atoms with Gasteiger partial charge in [-0.25, -0.2) is 4.79 Å². The van der Waals surface area contributed by atoms with Gasteiger partial charge in [-0.2, -0.15) is 0 Å². The number of piperidine rings is 1. The first-order valence-electron chi connectivity index (χ1n) is 8.26. The fourth-order valence-corrected chi connectivity index (χ4v) is 3.40. The van der Waals surface area contributed by atoms with Gasteiger partial charge in [0.1, 0.15) is 0 Å². The average Bonchev–Trinajstić information content (AvgIpc) is 3.40. The smallest absolute Gasteiger partial charge is 0.319 e. The summed E-state index contributed by atoms with van der Waals surface area (Å²) in [7, 11) is 0. The fourth-order valence-electron chi connectivity index (χ4n) is 2.99. The van der Waals surface area contributed by atoms with Gasteiger partial charge in [-0.3, -0.25) is 4.79 Å². The van der Waals surface area contributed by atoms with E-state index in [4.69, 9.17) is 23.2 Å². The van der Waals surface area contributed by atoms with Gasteiger partial charge in [0, 0.05) is 30.1 Å². The summed E-state index contributed by atoms with van der Waals surface area (Å²) >= 11 is 12.2. The molecule has 2 fully saturated rings. The molecule has 2 N–H and O–H groups in total. The number of halogens is 2. The van der Waals surface area contributed by atoms with E-state index < -0.39 is 0 Å². The number of amides is 3. The van der Waals surface area contributed by atoms with Crippen molar-refractivity contribution in [1.29, 1.82) is 0 Å². The van der Waals surface area contributed by atoms with Crippen molar-refractivity contribution in [2.45, 2.75) is 38.6 Å². The van der Waals surface area contributed by atoms with E-state index in [1.54, 1.807) is 19.1 Å². The number of urea groups is 1. The van der Waals surface area contributed by atoms with E-state index >= 15 is 0 Å². The summed E-state index contributed by atoms with van der Waals surface area (Å²) in [5.74, 6) is 0.451. The number of likely N-dealkylation sites (tertiary alicyclic amines) is 1. The van der Waals surface area contributed by atoms with Crippen LogP contribution < -0.4 is 10.6 Å². The summed E-state index contributed by atoms with van der Waals surface area (Å²) < 4.78 is 0. The van der Waals surface area contributed by atoms with Crippen molar-refractivity contribution in [2.75, 3.05) is 18.4 Å². The third-order valence-electron chi connectivity index (χ3n) is 4.56. The van der Waals surface area contributed by atoms with Crippen molar-refractivity contribution in [1.82, 2.24) is 10.2 Å². The predicted octanol–water partition coefficient (Wildman–Crippen LogP) is 3.82. The van der Waals surface area contributed by atoms with Crippen molar-refractivity contribution in [3.8, 4) is 0 Å². The first-order valence-corrected chi connectivity index (χ1v) is 9.02. The Morgan fingerprint density at radius 3 is 2.67 bits per heavy atom. The standard InChI is InChI=1S/C17H21Cl2N3O2/c1-10-13(18)6-7-14(15(10)19)21-17(24)20-12-3-2-8-22(9-12)16(23)11-4-5-11/h6-7,11-12H,2-5,8-9H2,1H3,(H2,20,21,24)/t12-/m0/s1. The Morgan fingerprint density at radius 2 is 1.96 bits per heavy atom. The number of nitrogens with one attached hydrogen (secondary N) is 2. The minimum Gasteiger partial charge on any atom is -0.340 e. The van der Waals surface area contributed by atoms with Crippen LogP contribution in [0.25, 0.3) is 0 Å². The minimum absolute atomic E-state index is 0.0337. The van der Waals surface area contributed by atoms with Crippen LogP contribution in [0, 0.1) is 12.8 Å². The number of hydrogen-bond donors (Lipinski definition) is 2. The second-order valence-electron chi connectivity index (χ2n) is 6.53. The largest absolute Gasteiger partial charge is 0.340 e. The van der Waals surface area contributed by atoms with Crippen molar-refractivity contribution >= 4 is 40.8 Å². The Morgan fingerprint density at radius 1 is 1.21 bits per heavy atom. The number of carbonyl (C=O) groups excluding carboxylic acids is 2. The number of rotatable bonds is 3. The maximum Gasteiger partial charge on any atom is 0.319 e. The summed E-state index contributed by atoms with van der Waals surface area (Å²) in [5, 5.41) is 6.70. The molecule has 2 aliphatic rings. The zero-order chi connectivity index (χ0) is 17.3. The number of carbonyl (C=O) groups is 2. The molecule has 0 unspecified atom stereocenters. The molecule has 7 heteroatoms. The van der Waals surface area contributed by atoms with Crippen molar-refractivity contribution in [3.63, 3.8) is 0 Å². The SMILES string of the molecule is Cc1c(Cl)ccc(NC(=O)N[C@H]2CCCN(C(=O)C3CC3)C2)c1Cl. The molecule has 1 aromatic carbocycles. The highest BCUT2D eigenvalue weighted by Gasteiger charge is 2.35. The van der Waals surface area contributed by atoms with Gasteiger partial charge >= 0.3 is 6.03 Å². The molecule has 1 aromatic rings. The van der Waals surface area contributed by atoms with Gasteiger partial charge in [-0.05, 0) is 50.3 Å². The molecule has 0 aromatic heterocycles. The molecule has 1 aliphatic heterocycles. The van der Waals surface area contributed by atoms with Crippen LogP contribution in [0.15, 0.2) is 12.1 Å². The molecule has 0 radical (unpaired) electrons. The van der Waals surface area contributed by atoms with Crippen LogP contribution in [0.4, 0.5) is 10.5 Å². The normalized spacial score (nSPS) is 20.6. The zero-order valence-electron chi connectivity index (χ0n) is 13.6.